The van der Waals surface area contributed by atoms with E-state index in [4.69, 9.17) is 0 Å². The molecule has 220 valence electrons. The number of esters is 1. The van der Waals surface area contributed by atoms with Crippen molar-refractivity contribution >= 4 is 5.97 Å². The van der Waals surface area contributed by atoms with Crippen LogP contribution in [0.2, 0.25) is 0 Å². The summed E-state index contributed by atoms with van der Waals surface area (Å²) in [5.41, 5.74) is -0.879. The van der Waals surface area contributed by atoms with Gasteiger partial charge in [0.15, 0.2) is 6.61 Å². The van der Waals surface area contributed by atoms with Gasteiger partial charge in [-0.25, -0.2) is 8.78 Å². The minimum absolute atomic E-state index is 0.323. The van der Waals surface area contributed by atoms with Crippen LogP contribution in [0.3, 0.4) is 0 Å². The molecule has 18 heteroatoms. The molecule has 37 heavy (non-hydrogen) atoms. The summed E-state index contributed by atoms with van der Waals surface area (Å²) in [6.45, 7) is 3.41. The van der Waals surface area contributed by atoms with Crippen LogP contribution < -0.4 is 0 Å². The Morgan fingerprint density at radius 3 is 1.35 bits per heavy atom. The summed E-state index contributed by atoms with van der Waals surface area (Å²) in [6, 6.07) is 0. The molecule has 0 aliphatic rings. The van der Waals surface area contributed by atoms with E-state index in [1.54, 1.807) is 0 Å². The summed E-state index contributed by atoms with van der Waals surface area (Å²) in [6.07, 6.45) is -4.86. The molecule has 0 aromatic rings. The first kappa shape index (κ1) is 35.1. The van der Waals surface area contributed by atoms with E-state index >= 15 is 0 Å². The van der Waals surface area contributed by atoms with Gasteiger partial charge in [0.1, 0.15) is 0 Å². The maximum absolute atomic E-state index is 13.9. The van der Waals surface area contributed by atoms with E-state index < -0.39 is 71.8 Å². The minimum atomic E-state index is -8.49. The van der Waals surface area contributed by atoms with Gasteiger partial charge in [-0.05, 0) is 19.3 Å². The lowest BCUT2D eigenvalue weighted by Crippen LogP contribution is -2.74. The zero-order valence-corrected chi connectivity index (χ0v) is 19.3. The second-order valence-corrected chi connectivity index (χ2v) is 9.20. The molecule has 0 bridgehead atoms. The standard InChI is InChI=1S/C19H20F16O2/c1-8(2)6-9(12(3,4)5)10(36)37-7-13(22,23)15(26,27)17(30,31)19(34,35)18(32,33)16(28,29)14(24,25)11(20)21/h6,9,11H,7H2,1-5H3. The van der Waals surface area contributed by atoms with E-state index in [1.807, 2.05) is 0 Å². The average molecular weight is 584 g/mol. The highest BCUT2D eigenvalue weighted by Crippen LogP contribution is 2.62. The minimum Gasteiger partial charge on any atom is -0.459 e. The maximum atomic E-state index is 13.9. The molecule has 1 atom stereocenters. The third-order valence-corrected chi connectivity index (χ3v) is 4.81. The zero-order chi connectivity index (χ0) is 30.4. The van der Waals surface area contributed by atoms with Crippen LogP contribution in [0.25, 0.3) is 0 Å². The molecule has 1 unspecified atom stereocenters. The molecule has 0 saturated heterocycles. The van der Waals surface area contributed by atoms with Gasteiger partial charge < -0.3 is 4.74 Å². The van der Waals surface area contributed by atoms with E-state index in [2.05, 4.69) is 4.74 Å². The molecule has 0 amide bonds. The lowest BCUT2D eigenvalue weighted by Gasteiger charge is -2.42. The highest BCUT2D eigenvalue weighted by molar-refractivity contribution is 5.75. The molecular weight excluding hydrogens is 564 g/mol. The first-order valence-corrected chi connectivity index (χ1v) is 9.62. The van der Waals surface area contributed by atoms with Gasteiger partial charge in [0, 0.05) is 0 Å². The van der Waals surface area contributed by atoms with Crippen LogP contribution in [0.4, 0.5) is 70.2 Å². The third kappa shape index (κ3) is 5.76. The predicted octanol–water partition coefficient (Wildman–Crippen LogP) is 7.87. The number of hydrogen-bond donors (Lipinski definition) is 0. The summed E-state index contributed by atoms with van der Waals surface area (Å²) in [4.78, 5) is 12.1. The van der Waals surface area contributed by atoms with Gasteiger partial charge in [-0.15, -0.1) is 0 Å². The summed E-state index contributed by atoms with van der Waals surface area (Å²) in [5, 5.41) is 0. The number of carbonyl (C=O) groups is 1. The van der Waals surface area contributed by atoms with Gasteiger partial charge >= 0.3 is 53.9 Å². The second-order valence-electron chi connectivity index (χ2n) is 9.20. The molecule has 0 aliphatic heterocycles. The van der Waals surface area contributed by atoms with E-state index in [0.29, 0.717) is 5.57 Å². The molecule has 2 nitrogen and oxygen atoms in total. The van der Waals surface area contributed by atoms with Crippen molar-refractivity contribution < 1.29 is 79.8 Å². The van der Waals surface area contributed by atoms with Crippen LogP contribution in [0.1, 0.15) is 34.6 Å². The highest BCUT2D eigenvalue weighted by atomic mass is 19.4. The fraction of sp³-hybridized carbons (Fsp3) is 0.842. The Morgan fingerprint density at radius 1 is 0.676 bits per heavy atom. The summed E-state index contributed by atoms with van der Waals surface area (Å²) in [7, 11) is 0. The fourth-order valence-electron chi connectivity index (χ4n) is 2.51. The van der Waals surface area contributed by atoms with Gasteiger partial charge in [0.05, 0.1) is 5.92 Å². The van der Waals surface area contributed by atoms with Crippen LogP contribution in [-0.4, -0.2) is 60.5 Å². The molecule has 0 rings (SSSR count). The molecule has 0 N–H and O–H groups in total. The molecule has 0 aliphatic carbocycles. The Labute approximate surface area is 199 Å². The van der Waals surface area contributed by atoms with Crippen molar-refractivity contribution in [2.24, 2.45) is 11.3 Å². The number of halogens is 16. The van der Waals surface area contributed by atoms with Crippen molar-refractivity contribution in [3.8, 4) is 0 Å². The average Bonchev–Trinajstić information content (AvgIpc) is 2.68. The van der Waals surface area contributed by atoms with Crippen molar-refractivity contribution in [1.29, 1.82) is 0 Å². The van der Waals surface area contributed by atoms with E-state index in [1.165, 1.54) is 34.6 Å². The Balaban J connectivity index is 6.42. The lowest BCUT2D eigenvalue weighted by molar-refractivity contribution is -0.447. The zero-order valence-electron chi connectivity index (χ0n) is 19.3. The molecule has 0 saturated carbocycles. The Kier molecular flexibility index (Phi) is 9.49. The highest BCUT2D eigenvalue weighted by Gasteiger charge is 2.93. The van der Waals surface area contributed by atoms with Gasteiger partial charge in [0.25, 0.3) is 0 Å². The number of ether oxygens (including phenoxy) is 1. The van der Waals surface area contributed by atoms with Crippen LogP contribution >= 0.6 is 0 Å². The molecule has 0 aromatic heterocycles. The number of carbonyl (C=O) groups excluding carboxylic acids is 1. The summed E-state index contributed by atoms with van der Waals surface area (Å²) in [5.74, 6) is -58.7. The van der Waals surface area contributed by atoms with Crippen LogP contribution in [-0.2, 0) is 9.53 Å². The fourth-order valence-corrected chi connectivity index (χ4v) is 2.51. The monoisotopic (exact) mass is 584 g/mol. The predicted molar refractivity (Wildman–Crippen MR) is 94.0 cm³/mol. The maximum Gasteiger partial charge on any atom is 0.385 e. The van der Waals surface area contributed by atoms with Crippen molar-refractivity contribution in [3.63, 3.8) is 0 Å². The Bertz CT molecular complexity index is 851. The number of hydrogen-bond acceptors (Lipinski definition) is 2. The summed E-state index contributed by atoms with van der Waals surface area (Å²) < 4.78 is 217. The molecular formula is C19H20F16O2. The smallest absolute Gasteiger partial charge is 0.385 e. The number of alkyl halides is 16. The first-order valence-electron chi connectivity index (χ1n) is 9.62. The third-order valence-electron chi connectivity index (χ3n) is 4.81. The van der Waals surface area contributed by atoms with E-state index in [-0.39, 0.29) is 0 Å². The largest absolute Gasteiger partial charge is 0.459 e. The van der Waals surface area contributed by atoms with Gasteiger partial charge in [0.2, 0.25) is 0 Å². The Morgan fingerprint density at radius 2 is 1.03 bits per heavy atom. The Hall–Kier alpha value is -1.91. The van der Waals surface area contributed by atoms with E-state index in [0.717, 1.165) is 6.08 Å². The van der Waals surface area contributed by atoms with Crippen LogP contribution in [0, 0.1) is 11.3 Å². The second kappa shape index (κ2) is 10.0. The van der Waals surface area contributed by atoms with Gasteiger partial charge in [-0.1, -0.05) is 32.4 Å². The first-order chi connectivity index (χ1) is 15.9. The van der Waals surface area contributed by atoms with Crippen LogP contribution in [0.15, 0.2) is 11.6 Å². The summed E-state index contributed by atoms with van der Waals surface area (Å²) >= 11 is 0. The normalized spacial score (nSPS) is 16.1. The van der Waals surface area contributed by atoms with Crippen molar-refractivity contribution in [3.05, 3.63) is 11.6 Å². The van der Waals surface area contributed by atoms with Crippen molar-refractivity contribution in [2.75, 3.05) is 6.61 Å². The quantitative estimate of drug-likeness (QED) is 0.140. The molecule has 0 aromatic carbocycles. The molecule has 0 fully saturated rings. The number of allylic oxidation sites excluding steroid dienone is 1. The molecule has 0 radical (unpaired) electrons. The molecule has 0 heterocycles. The number of rotatable bonds is 11. The van der Waals surface area contributed by atoms with Crippen molar-refractivity contribution in [1.82, 2.24) is 0 Å². The van der Waals surface area contributed by atoms with Crippen LogP contribution in [0.5, 0.6) is 0 Å². The van der Waals surface area contributed by atoms with Gasteiger partial charge in [-0.3, -0.25) is 4.79 Å². The topological polar surface area (TPSA) is 26.3 Å². The lowest BCUT2D eigenvalue weighted by atomic mass is 9.80. The van der Waals surface area contributed by atoms with Gasteiger partial charge in [-0.2, -0.15) is 61.5 Å². The van der Waals surface area contributed by atoms with Crippen molar-refractivity contribution in [2.45, 2.75) is 82.5 Å². The molecule has 0 spiro atoms. The van der Waals surface area contributed by atoms with E-state index in [9.17, 15) is 75.0 Å². The SMILES string of the molecule is CC(C)=CC(C(=O)OCC(F)(F)C(F)(F)C(F)(F)C(F)(F)C(F)(F)C(F)(F)C(F)(F)C(F)F)C(C)(C)C.